The minimum absolute atomic E-state index is 0.0509. The van der Waals surface area contributed by atoms with Crippen LogP contribution in [0.1, 0.15) is 18.9 Å². The van der Waals surface area contributed by atoms with Gasteiger partial charge in [0.25, 0.3) is 0 Å². The molecule has 4 heteroatoms. The molecule has 0 aromatic heterocycles. The molecule has 0 radical (unpaired) electrons. The van der Waals surface area contributed by atoms with Crippen LogP contribution in [-0.4, -0.2) is 25.8 Å². The Morgan fingerprint density at radius 1 is 1.53 bits per heavy atom. The zero-order valence-corrected chi connectivity index (χ0v) is 10.6. The number of ether oxygens (including phenoxy) is 1. The van der Waals surface area contributed by atoms with Crippen LogP contribution in [0.25, 0.3) is 0 Å². The molecule has 1 aliphatic rings. The minimum atomic E-state index is -1.43. The van der Waals surface area contributed by atoms with Gasteiger partial charge < -0.3 is 10.1 Å². The second kappa shape index (κ2) is 5.34. The number of alkyl halides is 1. The first-order chi connectivity index (χ1) is 8.09. The van der Waals surface area contributed by atoms with Crippen molar-refractivity contribution in [2.45, 2.75) is 25.1 Å². The Labute approximate surface area is 106 Å². The van der Waals surface area contributed by atoms with Crippen molar-refractivity contribution in [1.82, 2.24) is 5.32 Å². The summed E-state index contributed by atoms with van der Waals surface area (Å²) in [6, 6.07) is 7.13. The molecule has 2 atom stereocenters. The van der Waals surface area contributed by atoms with Gasteiger partial charge in [0.15, 0.2) is 0 Å². The lowest BCUT2D eigenvalue weighted by molar-refractivity contribution is 0.0475. The maximum atomic E-state index is 14.7. The van der Waals surface area contributed by atoms with E-state index in [9.17, 15) is 4.39 Å². The van der Waals surface area contributed by atoms with Gasteiger partial charge in [-0.1, -0.05) is 29.8 Å². The van der Waals surface area contributed by atoms with E-state index in [2.05, 4.69) is 5.32 Å². The third-order valence-corrected chi connectivity index (χ3v) is 3.39. The maximum absolute atomic E-state index is 14.7. The summed E-state index contributed by atoms with van der Waals surface area (Å²) < 4.78 is 20.0. The summed E-state index contributed by atoms with van der Waals surface area (Å²) in [6.07, 6.45) is 0.372. The number of benzene rings is 1. The molecule has 2 rings (SSSR count). The van der Waals surface area contributed by atoms with Gasteiger partial charge in [-0.2, -0.15) is 0 Å². The second-order valence-corrected chi connectivity index (χ2v) is 5.01. The fraction of sp³-hybridized carbons (Fsp3) is 0.538. The Balaban J connectivity index is 2.10. The normalized spacial score (nSPS) is 24.3. The molecular weight excluding hydrogens is 241 g/mol. The van der Waals surface area contributed by atoms with Crippen LogP contribution in [0, 0.1) is 0 Å². The Morgan fingerprint density at radius 3 is 2.94 bits per heavy atom. The van der Waals surface area contributed by atoms with Crippen molar-refractivity contribution in [2.75, 3.05) is 19.8 Å². The van der Waals surface area contributed by atoms with Gasteiger partial charge in [-0.3, -0.25) is 0 Å². The van der Waals surface area contributed by atoms with E-state index >= 15 is 0 Å². The molecule has 0 aliphatic carbocycles. The van der Waals surface area contributed by atoms with E-state index in [-0.39, 0.29) is 6.04 Å². The predicted octanol–water partition coefficient (Wildman–Crippen LogP) is 2.90. The summed E-state index contributed by atoms with van der Waals surface area (Å²) >= 11 is 6.03. The summed E-state index contributed by atoms with van der Waals surface area (Å²) in [5.41, 5.74) is -0.884. The first-order valence-electron chi connectivity index (χ1n) is 5.84. The third kappa shape index (κ3) is 3.18. The molecule has 2 unspecified atom stereocenters. The first-order valence-corrected chi connectivity index (χ1v) is 6.22. The van der Waals surface area contributed by atoms with E-state index in [0.717, 1.165) is 6.54 Å². The van der Waals surface area contributed by atoms with E-state index in [0.29, 0.717) is 30.2 Å². The van der Waals surface area contributed by atoms with Crippen molar-refractivity contribution in [3.05, 3.63) is 34.9 Å². The van der Waals surface area contributed by atoms with Crippen LogP contribution in [0.4, 0.5) is 4.39 Å². The summed E-state index contributed by atoms with van der Waals surface area (Å²) in [7, 11) is 0. The largest absolute Gasteiger partial charge is 0.379 e. The fourth-order valence-electron chi connectivity index (χ4n) is 2.21. The predicted molar refractivity (Wildman–Crippen MR) is 67.1 cm³/mol. The lowest BCUT2D eigenvalue weighted by atomic mass is 9.90. The van der Waals surface area contributed by atoms with Gasteiger partial charge in [-0.15, -0.1) is 0 Å². The molecule has 1 heterocycles. The van der Waals surface area contributed by atoms with Gasteiger partial charge in [-0.05, 0) is 13.0 Å². The molecular formula is C13H17ClFNO. The molecule has 1 N–H and O–H groups in total. The SMILES string of the molecule is CC(F)(CC1COCCN1)c1ccccc1Cl. The molecule has 2 nitrogen and oxygen atoms in total. The molecule has 1 saturated heterocycles. The Morgan fingerprint density at radius 2 is 2.29 bits per heavy atom. The molecule has 17 heavy (non-hydrogen) atoms. The Kier molecular flexibility index (Phi) is 4.02. The Hall–Kier alpha value is -0.640. The van der Waals surface area contributed by atoms with Gasteiger partial charge in [0.1, 0.15) is 5.67 Å². The number of hydrogen-bond acceptors (Lipinski definition) is 2. The molecule has 0 spiro atoms. The van der Waals surface area contributed by atoms with Crippen LogP contribution < -0.4 is 5.32 Å². The zero-order valence-electron chi connectivity index (χ0n) is 9.88. The van der Waals surface area contributed by atoms with E-state index in [1.807, 2.05) is 12.1 Å². The lowest BCUT2D eigenvalue weighted by Crippen LogP contribution is -2.44. The van der Waals surface area contributed by atoms with E-state index in [1.165, 1.54) is 0 Å². The highest BCUT2D eigenvalue weighted by atomic mass is 35.5. The van der Waals surface area contributed by atoms with Crippen LogP contribution in [0.15, 0.2) is 24.3 Å². The molecule has 1 aliphatic heterocycles. The van der Waals surface area contributed by atoms with Gasteiger partial charge in [0, 0.05) is 29.6 Å². The highest BCUT2D eigenvalue weighted by Crippen LogP contribution is 2.35. The quantitative estimate of drug-likeness (QED) is 0.899. The van der Waals surface area contributed by atoms with Crippen LogP contribution in [0.2, 0.25) is 5.02 Å². The van der Waals surface area contributed by atoms with Crippen LogP contribution in [0.3, 0.4) is 0 Å². The highest BCUT2D eigenvalue weighted by Gasteiger charge is 2.32. The summed E-state index contributed by atoms with van der Waals surface area (Å²) in [6.45, 7) is 3.61. The van der Waals surface area contributed by atoms with Gasteiger partial charge in [-0.25, -0.2) is 4.39 Å². The molecule has 1 aromatic rings. The zero-order chi connectivity index (χ0) is 12.3. The van der Waals surface area contributed by atoms with Crippen molar-refractivity contribution < 1.29 is 9.13 Å². The van der Waals surface area contributed by atoms with E-state index in [4.69, 9.17) is 16.3 Å². The molecule has 1 fully saturated rings. The van der Waals surface area contributed by atoms with Gasteiger partial charge in [0.2, 0.25) is 0 Å². The van der Waals surface area contributed by atoms with E-state index < -0.39 is 5.67 Å². The van der Waals surface area contributed by atoms with Crippen LogP contribution in [-0.2, 0) is 10.4 Å². The van der Waals surface area contributed by atoms with Crippen molar-refractivity contribution in [1.29, 1.82) is 0 Å². The highest BCUT2D eigenvalue weighted by molar-refractivity contribution is 6.31. The number of rotatable bonds is 3. The van der Waals surface area contributed by atoms with Crippen molar-refractivity contribution in [2.24, 2.45) is 0 Å². The average molecular weight is 258 g/mol. The smallest absolute Gasteiger partial charge is 0.136 e. The number of halogens is 2. The van der Waals surface area contributed by atoms with Crippen molar-refractivity contribution in [3.63, 3.8) is 0 Å². The molecule has 0 saturated carbocycles. The fourth-order valence-corrected chi connectivity index (χ4v) is 2.54. The van der Waals surface area contributed by atoms with Gasteiger partial charge >= 0.3 is 0 Å². The average Bonchev–Trinajstić information content (AvgIpc) is 2.30. The maximum Gasteiger partial charge on any atom is 0.136 e. The summed E-state index contributed by atoms with van der Waals surface area (Å²) in [5, 5.41) is 3.74. The molecule has 0 amide bonds. The minimum Gasteiger partial charge on any atom is -0.379 e. The molecule has 94 valence electrons. The number of hydrogen-bond donors (Lipinski definition) is 1. The number of morpholine rings is 1. The lowest BCUT2D eigenvalue weighted by Gasteiger charge is -2.30. The summed E-state index contributed by atoms with van der Waals surface area (Å²) in [4.78, 5) is 0. The first kappa shape index (κ1) is 12.8. The summed E-state index contributed by atoms with van der Waals surface area (Å²) in [5.74, 6) is 0. The van der Waals surface area contributed by atoms with Gasteiger partial charge in [0.05, 0.1) is 13.2 Å². The Bertz CT molecular complexity index is 377. The second-order valence-electron chi connectivity index (χ2n) is 4.61. The van der Waals surface area contributed by atoms with Crippen LogP contribution >= 0.6 is 11.6 Å². The third-order valence-electron chi connectivity index (χ3n) is 3.06. The van der Waals surface area contributed by atoms with E-state index in [1.54, 1.807) is 19.1 Å². The topological polar surface area (TPSA) is 21.3 Å². The monoisotopic (exact) mass is 257 g/mol. The standard InChI is InChI=1S/C13H17ClFNO/c1-13(15,8-10-9-17-7-6-16-10)11-4-2-3-5-12(11)14/h2-5,10,16H,6-9H2,1H3. The molecule has 1 aromatic carbocycles. The van der Waals surface area contributed by atoms with Crippen molar-refractivity contribution in [3.8, 4) is 0 Å². The van der Waals surface area contributed by atoms with Crippen LogP contribution in [0.5, 0.6) is 0 Å². The number of nitrogens with one attached hydrogen (secondary N) is 1. The van der Waals surface area contributed by atoms with Crippen molar-refractivity contribution >= 4 is 11.6 Å². The molecule has 0 bridgehead atoms.